The lowest BCUT2D eigenvalue weighted by molar-refractivity contribution is 0.189. The Morgan fingerprint density at radius 2 is 1.93 bits per heavy atom. The highest BCUT2D eigenvalue weighted by Gasteiger charge is 2.13. The molecule has 1 aromatic heterocycles. The van der Waals surface area contributed by atoms with E-state index in [1.807, 2.05) is 25.1 Å². The van der Waals surface area contributed by atoms with Crippen LogP contribution in [0.4, 0.5) is 0 Å². The SMILES string of the molecule is Cc1ccc([C@H](O)c2ccco2)cc1C. The molecule has 1 atom stereocenters. The number of hydrogen-bond acceptors (Lipinski definition) is 2. The lowest BCUT2D eigenvalue weighted by Gasteiger charge is -2.10. The van der Waals surface area contributed by atoms with E-state index < -0.39 is 6.10 Å². The monoisotopic (exact) mass is 202 g/mol. The Morgan fingerprint density at radius 1 is 1.13 bits per heavy atom. The number of aryl methyl sites for hydroxylation is 2. The maximum absolute atomic E-state index is 10.0. The number of hydrogen-bond donors (Lipinski definition) is 1. The van der Waals surface area contributed by atoms with Gasteiger partial charge in [0.05, 0.1) is 6.26 Å². The molecule has 2 nitrogen and oxygen atoms in total. The van der Waals surface area contributed by atoms with Crippen LogP contribution in [-0.4, -0.2) is 5.11 Å². The molecule has 0 saturated carbocycles. The molecule has 0 aliphatic rings. The molecule has 0 bridgehead atoms. The van der Waals surface area contributed by atoms with Crippen molar-refractivity contribution >= 4 is 0 Å². The van der Waals surface area contributed by atoms with Crippen molar-refractivity contribution in [2.75, 3.05) is 0 Å². The van der Waals surface area contributed by atoms with Gasteiger partial charge in [0.2, 0.25) is 0 Å². The Bertz CT molecular complexity index is 444. The normalized spacial score (nSPS) is 12.7. The first kappa shape index (κ1) is 9.99. The van der Waals surface area contributed by atoms with Crippen LogP contribution in [0.2, 0.25) is 0 Å². The van der Waals surface area contributed by atoms with E-state index in [0.29, 0.717) is 5.76 Å². The first-order valence-electron chi connectivity index (χ1n) is 4.97. The Kier molecular flexibility index (Phi) is 2.60. The van der Waals surface area contributed by atoms with Gasteiger partial charge >= 0.3 is 0 Å². The van der Waals surface area contributed by atoms with E-state index in [1.54, 1.807) is 18.4 Å². The first-order chi connectivity index (χ1) is 7.18. The van der Waals surface area contributed by atoms with Gasteiger partial charge in [0.1, 0.15) is 11.9 Å². The van der Waals surface area contributed by atoms with E-state index in [4.69, 9.17) is 4.42 Å². The molecule has 2 rings (SSSR count). The van der Waals surface area contributed by atoms with Crippen molar-refractivity contribution in [1.29, 1.82) is 0 Å². The average Bonchev–Trinajstić information content (AvgIpc) is 2.74. The second-order valence-electron chi connectivity index (χ2n) is 3.76. The van der Waals surface area contributed by atoms with Gasteiger partial charge in [-0.05, 0) is 42.7 Å². The van der Waals surface area contributed by atoms with Crippen molar-refractivity contribution in [3.8, 4) is 0 Å². The van der Waals surface area contributed by atoms with E-state index in [2.05, 4.69) is 6.92 Å². The van der Waals surface area contributed by atoms with Crippen molar-refractivity contribution in [3.63, 3.8) is 0 Å². The molecule has 0 fully saturated rings. The molecule has 0 radical (unpaired) electrons. The van der Waals surface area contributed by atoms with Gasteiger partial charge in [0.25, 0.3) is 0 Å². The van der Waals surface area contributed by atoms with Crippen LogP contribution in [0.25, 0.3) is 0 Å². The van der Waals surface area contributed by atoms with E-state index in [0.717, 1.165) is 5.56 Å². The summed E-state index contributed by atoms with van der Waals surface area (Å²) < 4.78 is 5.17. The van der Waals surface area contributed by atoms with Crippen LogP contribution in [0.3, 0.4) is 0 Å². The minimum absolute atomic E-state index is 0.582. The molecule has 78 valence electrons. The molecule has 1 aromatic carbocycles. The van der Waals surface area contributed by atoms with Crippen LogP contribution in [0, 0.1) is 13.8 Å². The molecule has 0 spiro atoms. The van der Waals surface area contributed by atoms with E-state index in [1.165, 1.54) is 11.1 Å². The van der Waals surface area contributed by atoms with Crippen molar-refractivity contribution in [2.45, 2.75) is 20.0 Å². The highest BCUT2D eigenvalue weighted by Crippen LogP contribution is 2.23. The van der Waals surface area contributed by atoms with Crippen molar-refractivity contribution in [1.82, 2.24) is 0 Å². The van der Waals surface area contributed by atoms with Gasteiger partial charge < -0.3 is 9.52 Å². The first-order valence-corrected chi connectivity index (χ1v) is 4.97. The summed E-state index contributed by atoms with van der Waals surface area (Å²) in [6, 6.07) is 9.48. The van der Waals surface area contributed by atoms with Gasteiger partial charge in [-0.25, -0.2) is 0 Å². The Balaban J connectivity index is 2.34. The van der Waals surface area contributed by atoms with Crippen LogP contribution in [0.15, 0.2) is 41.0 Å². The number of furan rings is 1. The van der Waals surface area contributed by atoms with Gasteiger partial charge in [-0.15, -0.1) is 0 Å². The fraction of sp³-hybridized carbons (Fsp3) is 0.231. The minimum Gasteiger partial charge on any atom is -0.466 e. The highest BCUT2D eigenvalue weighted by atomic mass is 16.4. The maximum Gasteiger partial charge on any atom is 0.137 e. The summed E-state index contributed by atoms with van der Waals surface area (Å²) in [4.78, 5) is 0. The second kappa shape index (κ2) is 3.91. The van der Waals surface area contributed by atoms with Gasteiger partial charge in [0.15, 0.2) is 0 Å². The lowest BCUT2D eigenvalue weighted by atomic mass is 10.0. The summed E-state index contributed by atoms with van der Waals surface area (Å²) in [7, 11) is 0. The predicted octanol–water partition coefficient (Wildman–Crippen LogP) is 2.98. The number of aliphatic hydroxyl groups excluding tert-OH is 1. The quantitative estimate of drug-likeness (QED) is 0.812. The fourth-order valence-electron chi connectivity index (χ4n) is 1.55. The Morgan fingerprint density at radius 3 is 2.53 bits per heavy atom. The summed E-state index contributed by atoms with van der Waals surface area (Å²) in [5, 5.41) is 10.0. The maximum atomic E-state index is 10.0. The van der Waals surface area contributed by atoms with Crippen molar-refractivity contribution in [2.24, 2.45) is 0 Å². The zero-order chi connectivity index (χ0) is 10.8. The van der Waals surface area contributed by atoms with Crippen LogP contribution in [0.5, 0.6) is 0 Å². The topological polar surface area (TPSA) is 33.4 Å². The third-order valence-corrected chi connectivity index (χ3v) is 2.66. The average molecular weight is 202 g/mol. The zero-order valence-electron chi connectivity index (χ0n) is 8.90. The predicted molar refractivity (Wildman–Crippen MR) is 58.7 cm³/mol. The van der Waals surface area contributed by atoms with E-state index >= 15 is 0 Å². The molecule has 0 saturated heterocycles. The molecule has 1 heterocycles. The van der Waals surface area contributed by atoms with E-state index in [9.17, 15) is 5.11 Å². The third kappa shape index (κ3) is 1.95. The smallest absolute Gasteiger partial charge is 0.137 e. The third-order valence-electron chi connectivity index (χ3n) is 2.66. The number of rotatable bonds is 2. The molecule has 1 N–H and O–H groups in total. The largest absolute Gasteiger partial charge is 0.466 e. The molecule has 2 aromatic rings. The highest BCUT2D eigenvalue weighted by molar-refractivity contribution is 5.33. The number of aliphatic hydroxyl groups is 1. The van der Waals surface area contributed by atoms with E-state index in [-0.39, 0.29) is 0 Å². The summed E-state index contributed by atoms with van der Waals surface area (Å²) in [5.41, 5.74) is 3.27. The van der Waals surface area contributed by atoms with Crippen molar-refractivity contribution in [3.05, 3.63) is 59.0 Å². The van der Waals surface area contributed by atoms with Crippen molar-refractivity contribution < 1.29 is 9.52 Å². The molecular weight excluding hydrogens is 188 g/mol. The summed E-state index contributed by atoms with van der Waals surface area (Å²) in [6.07, 6.45) is 0.902. The molecule has 2 heteroatoms. The van der Waals surface area contributed by atoms with Gasteiger partial charge in [0, 0.05) is 0 Å². The molecule has 0 unspecified atom stereocenters. The molecule has 0 amide bonds. The second-order valence-corrected chi connectivity index (χ2v) is 3.76. The molecule has 0 aliphatic heterocycles. The minimum atomic E-state index is -0.667. The summed E-state index contributed by atoms with van der Waals surface area (Å²) >= 11 is 0. The van der Waals surface area contributed by atoms with Gasteiger partial charge in [-0.1, -0.05) is 18.2 Å². The fourth-order valence-corrected chi connectivity index (χ4v) is 1.55. The standard InChI is InChI=1S/C13H14O2/c1-9-5-6-11(8-10(9)2)13(14)12-4-3-7-15-12/h3-8,13-14H,1-2H3/t13-/m0/s1. The van der Waals surface area contributed by atoms with Gasteiger partial charge in [-0.2, -0.15) is 0 Å². The zero-order valence-corrected chi connectivity index (χ0v) is 8.90. The lowest BCUT2D eigenvalue weighted by Crippen LogP contribution is -1.98. The van der Waals surface area contributed by atoms with Gasteiger partial charge in [-0.3, -0.25) is 0 Å². The Hall–Kier alpha value is -1.54. The van der Waals surface area contributed by atoms with Crippen LogP contribution < -0.4 is 0 Å². The molecule has 0 aliphatic carbocycles. The summed E-state index contributed by atoms with van der Waals surface area (Å²) in [5.74, 6) is 0.582. The number of benzene rings is 1. The Labute approximate surface area is 89.2 Å². The summed E-state index contributed by atoms with van der Waals surface area (Å²) in [6.45, 7) is 4.09. The molecule has 15 heavy (non-hydrogen) atoms. The molecular formula is C13H14O2. The van der Waals surface area contributed by atoms with Crippen LogP contribution in [-0.2, 0) is 0 Å². The van der Waals surface area contributed by atoms with Crippen LogP contribution >= 0.6 is 0 Å². The van der Waals surface area contributed by atoms with Crippen LogP contribution in [0.1, 0.15) is 28.6 Å².